The highest BCUT2D eigenvalue weighted by molar-refractivity contribution is 7.91. The van der Waals surface area contributed by atoms with Gasteiger partial charge < -0.3 is 5.32 Å². The van der Waals surface area contributed by atoms with Crippen LogP contribution in [0.25, 0.3) is 0 Å². The zero-order valence-corrected chi connectivity index (χ0v) is 13.2. The highest BCUT2D eigenvalue weighted by Gasteiger charge is 2.16. The quantitative estimate of drug-likeness (QED) is 0.821. The van der Waals surface area contributed by atoms with Gasteiger partial charge in [-0.25, -0.2) is 17.5 Å². The van der Waals surface area contributed by atoms with Gasteiger partial charge >= 0.3 is 0 Å². The molecule has 1 aromatic heterocycles. The number of sulfonamides is 1. The molecule has 2 N–H and O–H groups in total. The number of thiophene rings is 1. The van der Waals surface area contributed by atoms with Gasteiger partial charge in [0, 0.05) is 13.1 Å². The minimum Gasteiger partial charge on any atom is -0.313 e. The smallest absolute Gasteiger partial charge is 0.250 e. The number of rotatable bonds is 7. The van der Waals surface area contributed by atoms with Crippen molar-refractivity contribution in [2.45, 2.75) is 24.2 Å². The molecule has 0 unspecified atom stereocenters. The molecular weight excluding hydrogens is 311 g/mol. The minimum absolute atomic E-state index is 0.0700. The van der Waals surface area contributed by atoms with Crippen molar-refractivity contribution < 1.29 is 12.8 Å². The van der Waals surface area contributed by atoms with Crippen LogP contribution in [0.4, 0.5) is 4.39 Å². The molecule has 0 fully saturated rings. The molecule has 0 amide bonds. The predicted molar refractivity (Wildman–Crippen MR) is 82.1 cm³/mol. The molecule has 21 heavy (non-hydrogen) atoms. The number of nitrogens with one attached hydrogen (secondary N) is 2. The molecule has 2 aromatic rings. The molecule has 7 heteroatoms. The molecule has 0 radical (unpaired) electrons. The van der Waals surface area contributed by atoms with Crippen molar-refractivity contribution in [1.29, 1.82) is 0 Å². The van der Waals surface area contributed by atoms with E-state index in [0.717, 1.165) is 12.1 Å². The standard InChI is InChI=1S/C14H17FN2O2S2/c1-2-16-8-12-7-14(20-10-12)21(18,19)17-9-11-4-3-5-13(15)6-11/h3-7,10,16-17H,2,8-9H2,1H3. The molecule has 4 nitrogen and oxygen atoms in total. The summed E-state index contributed by atoms with van der Waals surface area (Å²) in [7, 11) is -3.56. The van der Waals surface area contributed by atoms with Gasteiger partial charge in [0.15, 0.2) is 0 Å². The lowest BCUT2D eigenvalue weighted by Crippen LogP contribution is -2.22. The van der Waals surface area contributed by atoms with E-state index in [9.17, 15) is 12.8 Å². The Hall–Kier alpha value is -1.28. The van der Waals surface area contributed by atoms with Gasteiger partial charge in [0.1, 0.15) is 10.0 Å². The fraction of sp³-hybridized carbons (Fsp3) is 0.286. The molecule has 1 heterocycles. The molecule has 2 rings (SSSR count). The fourth-order valence-electron chi connectivity index (χ4n) is 1.75. The molecule has 0 bridgehead atoms. The van der Waals surface area contributed by atoms with Gasteiger partial charge in [0.25, 0.3) is 0 Å². The summed E-state index contributed by atoms with van der Waals surface area (Å²) >= 11 is 1.18. The van der Waals surface area contributed by atoms with E-state index in [4.69, 9.17) is 0 Å². The van der Waals surface area contributed by atoms with Gasteiger partial charge in [-0.1, -0.05) is 19.1 Å². The molecule has 0 saturated carbocycles. The third-order valence-electron chi connectivity index (χ3n) is 2.83. The first-order valence-electron chi connectivity index (χ1n) is 6.53. The lowest BCUT2D eigenvalue weighted by Gasteiger charge is -2.05. The highest BCUT2D eigenvalue weighted by atomic mass is 32.2. The maximum Gasteiger partial charge on any atom is 0.250 e. The third kappa shape index (κ3) is 4.60. The summed E-state index contributed by atoms with van der Waals surface area (Å²) < 4.78 is 40.1. The van der Waals surface area contributed by atoms with Crippen molar-refractivity contribution in [2.24, 2.45) is 0 Å². The van der Waals surface area contributed by atoms with Crippen molar-refractivity contribution in [3.8, 4) is 0 Å². The summed E-state index contributed by atoms with van der Waals surface area (Å²) in [6.07, 6.45) is 0. The van der Waals surface area contributed by atoms with Crippen molar-refractivity contribution >= 4 is 21.4 Å². The van der Waals surface area contributed by atoms with E-state index in [0.29, 0.717) is 12.1 Å². The second-order valence-corrected chi connectivity index (χ2v) is 7.41. The highest BCUT2D eigenvalue weighted by Crippen LogP contribution is 2.20. The average molecular weight is 328 g/mol. The summed E-state index contributed by atoms with van der Waals surface area (Å²) in [6.45, 7) is 3.53. The van der Waals surface area contributed by atoms with Crippen LogP contribution < -0.4 is 10.0 Å². The van der Waals surface area contributed by atoms with E-state index in [-0.39, 0.29) is 16.6 Å². The number of halogens is 1. The molecular formula is C14H17FN2O2S2. The summed E-state index contributed by atoms with van der Waals surface area (Å²) in [4.78, 5) is 0. The van der Waals surface area contributed by atoms with E-state index < -0.39 is 10.0 Å². The first kappa shape index (κ1) is 16.1. The maximum absolute atomic E-state index is 13.0. The van der Waals surface area contributed by atoms with Gasteiger partial charge in [0.05, 0.1) is 0 Å². The van der Waals surface area contributed by atoms with E-state index in [1.54, 1.807) is 18.2 Å². The summed E-state index contributed by atoms with van der Waals surface area (Å²) in [6, 6.07) is 7.52. The van der Waals surface area contributed by atoms with Crippen LogP contribution in [0.15, 0.2) is 39.9 Å². The van der Waals surface area contributed by atoms with Crippen LogP contribution in [-0.4, -0.2) is 15.0 Å². The zero-order chi connectivity index (χ0) is 15.3. The van der Waals surface area contributed by atoms with Crippen LogP contribution in [0.5, 0.6) is 0 Å². The summed E-state index contributed by atoms with van der Waals surface area (Å²) in [5, 5.41) is 4.96. The molecule has 0 aliphatic carbocycles. The Morgan fingerprint density at radius 3 is 2.71 bits per heavy atom. The minimum atomic E-state index is -3.56. The van der Waals surface area contributed by atoms with Crippen molar-refractivity contribution in [3.63, 3.8) is 0 Å². The largest absolute Gasteiger partial charge is 0.313 e. The van der Waals surface area contributed by atoms with Gasteiger partial charge in [-0.05, 0) is 41.3 Å². The Balaban J connectivity index is 2.02. The number of benzene rings is 1. The molecule has 1 aromatic carbocycles. The Labute approximate surface area is 128 Å². The second kappa shape index (κ2) is 7.13. The Bertz CT molecular complexity index is 699. The molecule has 0 aliphatic rings. The Kier molecular flexibility index (Phi) is 5.46. The Morgan fingerprint density at radius 2 is 2.00 bits per heavy atom. The summed E-state index contributed by atoms with van der Waals surface area (Å²) in [5.74, 6) is -0.379. The first-order valence-corrected chi connectivity index (χ1v) is 8.90. The van der Waals surface area contributed by atoms with E-state index >= 15 is 0 Å². The Morgan fingerprint density at radius 1 is 1.19 bits per heavy atom. The van der Waals surface area contributed by atoms with Gasteiger partial charge in [-0.3, -0.25) is 0 Å². The molecule has 0 atom stereocenters. The van der Waals surface area contributed by atoms with E-state index in [1.807, 2.05) is 12.3 Å². The lowest BCUT2D eigenvalue weighted by atomic mass is 10.2. The monoisotopic (exact) mass is 328 g/mol. The average Bonchev–Trinajstić information content (AvgIpc) is 2.93. The van der Waals surface area contributed by atoms with Crippen LogP contribution in [0.2, 0.25) is 0 Å². The first-order chi connectivity index (χ1) is 10.0. The number of hydrogen-bond donors (Lipinski definition) is 2. The lowest BCUT2D eigenvalue weighted by molar-refractivity contribution is 0.582. The molecule has 0 spiro atoms. The molecule has 0 saturated heterocycles. The van der Waals surface area contributed by atoms with Crippen molar-refractivity contribution in [3.05, 3.63) is 52.7 Å². The number of hydrogen-bond acceptors (Lipinski definition) is 4. The topological polar surface area (TPSA) is 58.2 Å². The fourth-order valence-corrected chi connectivity index (χ4v) is 4.02. The molecule has 0 aliphatic heterocycles. The van der Waals surface area contributed by atoms with Crippen LogP contribution >= 0.6 is 11.3 Å². The van der Waals surface area contributed by atoms with E-state index in [1.165, 1.54) is 23.5 Å². The zero-order valence-electron chi connectivity index (χ0n) is 11.6. The normalized spacial score (nSPS) is 11.7. The van der Waals surface area contributed by atoms with E-state index in [2.05, 4.69) is 10.0 Å². The van der Waals surface area contributed by atoms with Gasteiger partial charge in [0.2, 0.25) is 10.0 Å². The van der Waals surface area contributed by atoms with Crippen LogP contribution in [0, 0.1) is 5.82 Å². The van der Waals surface area contributed by atoms with Crippen LogP contribution in [-0.2, 0) is 23.1 Å². The van der Waals surface area contributed by atoms with Gasteiger partial charge in [-0.15, -0.1) is 11.3 Å². The van der Waals surface area contributed by atoms with Crippen LogP contribution in [0.3, 0.4) is 0 Å². The van der Waals surface area contributed by atoms with Crippen molar-refractivity contribution in [1.82, 2.24) is 10.0 Å². The van der Waals surface area contributed by atoms with Gasteiger partial charge in [-0.2, -0.15) is 0 Å². The predicted octanol–water partition coefficient (Wildman–Crippen LogP) is 2.48. The summed E-state index contributed by atoms with van der Waals surface area (Å²) in [5.41, 5.74) is 1.52. The maximum atomic E-state index is 13.0. The van der Waals surface area contributed by atoms with Crippen LogP contribution in [0.1, 0.15) is 18.1 Å². The molecule has 114 valence electrons. The SMILES string of the molecule is CCNCc1csc(S(=O)(=O)NCc2cccc(F)c2)c1. The second-order valence-electron chi connectivity index (χ2n) is 4.51. The third-order valence-corrected chi connectivity index (χ3v) is 5.72. The van der Waals surface area contributed by atoms with Crippen molar-refractivity contribution in [2.75, 3.05) is 6.54 Å².